The van der Waals surface area contributed by atoms with E-state index in [4.69, 9.17) is 4.52 Å². The molecule has 2 N–H and O–H groups in total. The Hall–Kier alpha value is -2.48. The zero-order chi connectivity index (χ0) is 21.2. The van der Waals surface area contributed by atoms with Gasteiger partial charge in [-0.3, -0.25) is 4.79 Å². The van der Waals surface area contributed by atoms with Gasteiger partial charge in [0.25, 0.3) is 11.8 Å². The summed E-state index contributed by atoms with van der Waals surface area (Å²) in [6.45, 7) is 6.15. The highest BCUT2D eigenvalue weighted by Gasteiger charge is 2.42. The second-order valence-electron chi connectivity index (χ2n) is 9.27. The third-order valence-electron chi connectivity index (χ3n) is 6.91. The Morgan fingerprint density at radius 1 is 1.17 bits per heavy atom. The number of hydrogen-bond donors (Lipinski definition) is 2. The number of thiophene rings is 1. The predicted octanol–water partition coefficient (Wildman–Crippen LogP) is 4.47. The van der Waals surface area contributed by atoms with Gasteiger partial charge >= 0.3 is 5.97 Å². The number of fused-ring (bicyclic) bond motifs is 3. The fraction of sp³-hybridized carbons (Fsp3) is 0.545. The average molecular weight is 428 g/mol. The summed E-state index contributed by atoms with van der Waals surface area (Å²) >= 11 is 1.55. The normalized spacial score (nSPS) is 24.2. The summed E-state index contributed by atoms with van der Waals surface area (Å²) in [5, 5.41) is 17.5. The zero-order valence-corrected chi connectivity index (χ0v) is 18.2. The number of nitrogens with one attached hydrogen (secondary N) is 1. The van der Waals surface area contributed by atoms with Crippen molar-refractivity contribution in [2.24, 2.45) is 11.8 Å². The standard InChI is InChI=1S/C22H25N3O4S/c1-10-23-19(29-25-10)16-17-13(8-9-22(17,2)3)30-20(16)24-18(26)14-11-4-6-12(7-5-11)15(14)21(27)28/h11-12H,4-9H2,1-3H3,(H,24,26)(H,27,28). The molecule has 0 atom stereocenters. The Morgan fingerprint density at radius 3 is 2.43 bits per heavy atom. The minimum atomic E-state index is -0.961. The molecular weight excluding hydrogens is 402 g/mol. The summed E-state index contributed by atoms with van der Waals surface area (Å²) in [5.74, 6) is -0.294. The van der Waals surface area contributed by atoms with Crippen molar-refractivity contribution >= 4 is 28.2 Å². The van der Waals surface area contributed by atoms with Crippen LogP contribution in [0.5, 0.6) is 0 Å². The molecule has 1 fully saturated rings. The minimum Gasteiger partial charge on any atom is -0.478 e. The van der Waals surface area contributed by atoms with Crippen LogP contribution >= 0.6 is 11.3 Å². The van der Waals surface area contributed by atoms with Gasteiger partial charge < -0.3 is 14.9 Å². The first-order chi connectivity index (χ1) is 14.3. The second kappa shape index (κ2) is 6.77. The number of aliphatic carboxylic acids is 1. The molecule has 0 aliphatic heterocycles. The van der Waals surface area contributed by atoms with Crippen LogP contribution in [0.15, 0.2) is 15.7 Å². The van der Waals surface area contributed by atoms with E-state index < -0.39 is 5.97 Å². The maximum absolute atomic E-state index is 13.4. The smallest absolute Gasteiger partial charge is 0.332 e. The van der Waals surface area contributed by atoms with Gasteiger partial charge in [-0.25, -0.2) is 4.79 Å². The third kappa shape index (κ3) is 2.92. The van der Waals surface area contributed by atoms with Gasteiger partial charge in [-0.15, -0.1) is 11.3 Å². The van der Waals surface area contributed by atoms with Crippen molar-refractivity contribution in [1.29, 1.82) is 0 Å². The van der Waals surface area contributed by atoms with Gasteiger partial charge in [0.05, 0.1) is 5.56 Å². The summed E-state index contributed by atoms with van der Waals surface area (Å²) in [4.78, 5) is 30.9. The number of carbonyl (C=O) groups excluding carboxylic acids is 1. The van der Waals surface area contributed by atoms with Crippen LogP contribution in [-0.2, 0) is 21.4 Å². The number of nitrogens with zero attached hydrogens (tertiary/aromatic N) is 2. The number of aromatic nitrogens is 2. The van der Waals surface area contributed by atoms with E-state index in [-0.39, 0.29) is 23.2 Å². The molecular formula is C22H25N3O4S. The first-order valence-corrected chi connectivity index (χ1v) is 11.3. The highest BCUT2D eigenvalue weighted by atomic mass is 32.1. The zero-order valence-electron chi connectivity index (χ0n) is 17.4. The quantitative estimate of drug-likeness (QED) is 0.746. The minimum absolute atomic E-state index is 0.0152. The van der Waals surface area contributed by atoms with E-state index in [1.54, 1.807) is 18.3 Å². The molecule has 2 aromatic rings. The molecule has 30 heavy (non-hydrogen) atoms. The first kappa shape index (κ1) is 19.5. The summed E-state index contributed by atoms with van der Waals surface area (Å²) in [6.07, 6.45) is 5.45. The number of anilines is 1. The number of aryl methyl sites for hydroxylation is 2. The Labute approximate surface area is 178 Å². The largest absolute Gasteiger partial charge is 0.478 e. The van der Waals surface area contributed by atoms with Gasteiger partial charge in [0, 0.05) is 16.0 Å². The molecule has 2 heterocycles. The van der Waals surface area contributed by atoms with Crippen molar-refractivity contribution in [2.45, 2.75) is 64.7 Å². The average Bonchev–Trinajstić information content (AvgIpc) is 3.37. The lowest BCUT2D eigenvalue weighted by Gasteiger charge is -2.37. The molecule has 6 rings (SSSR count). The van der Waals surface area contributed by atoms with Crippen LogP contribution in [0.1, 0.15) is 62.2 Å². The topological polar surface area (TPSA) is 105 Å². The fourth-order valence-corrected chi connectivity index (χ4v) is 6.86. The summed E-state index contributed by atoms with van der Waals surface area (Å²) in [6, 6.07) is 0. The molecule has 1 amide bonds. The van der Waals surface area contributed by atoms with E-state index >= 15 is 0 Å². The van der Waals surface area contributed by atoms with Crippen LogP contribution in [0.25, 0.3) is 11.5 Å². The van der Waals surface area contributed by atoms with Crippen LogP contribution < -0.4 is 5.32 Å². The van der Waals surface area contributed by atoms with E-state index in [2.05, 4.69) is 29.3 Å². The van der Waals surface area contributed by atoms with E-state index in [0.717, 1.165) is 49.7 Å². The van der Waals surface area contributed by atoms with Crippen molar-refractivity contribution in [3.63, 3.8) is 0 Å². The Morgan fingerprint density at radius 2 is 1.83 bits per heavy atom. The molecule has 8 heteroatoms. The van der Waals surface area contributed by atoms with E-state index in [9.17, 15) is 14.7 Å². The Balaban J connectivity index is 1.58. The van der Waals surface area contributed by atoms with Gasteiger partial charge in [-0.1, -0.05) is 19.0 Å². The van der Waals surface area contributed by atoms with Gasteiger partial charge in [0.1, 0.15) is 5.00 Å². The van der Waals surface area contributed by atoms with Crippen molar-refractivity contribution in [2.75, 3.05) is 5.32 Å². The van der Waals surface area contributed by atoms with Crippen molar-refractivity contribution in [3.8, 4) is 11.5 Å². The lowest BCUT2D eigenvalue weighted by atomic mass is 9.66. The van der Waals surface area contributed by atoms with E-state index in [1.165, 1.54) is 4.88 Å². The van der Waals surface area contributed by atoms with Crippen molar-refractivity contribution in [3.05, 3.63) is 27.4 Å². The van der Waals surface area contributed by atoms with Crippen LogP contribution in [0.2, 0.25) is 0 Å². The van der Waals surface area contributed by atoms with Crippen molar-refractivity contribution in [1.82, 2.24) is 10.1 Å². The number of carboxylic acid groups (broad SMARTS) is 1. The highest BCUT2D eigenvalue weighted by molar-refractivity contribution is 7.17. The number of hydrogen-bond acceptors (Lipinski definition) is 6. The SMILES string of the molecule is Cc1noc(-c2c(NC(=O)C3=C(C(=O)O)C4CCC3CC4)sc3c2C(C)(C)CC3)n1. The highest BCUT2D eigenvalue weighted by Crippen LogP contribution is 2.52. The van der Waals surface area contributed by atoms with E-state index in [0.29, 0.717) is 27.9 Å². The maximum Gasteiger partial charge on any atom is 0.332 e. The molecule has 4 aliphatic rings. The third-order valence-corrected chi connectivity index (χ3v) is 8.08. The molecule has 0 aromatic carbocycles. The Kier molecular flexibility index (Phi) is 4.39. The molecule has 0 radical (unpaired) electrons. The molecule has 2 aromatic heterocycles. The van der Waals surface area contributed by atoms with Crippen molar-refractivity contribution < 1.29 is 19.2 Å². The number of rotatable bonds is 4. The summed E-state index contributed by atoms with van der Waals surface area (Å²) < 4.78 is 5.49. The molecule has 158 valence electrons. The van der Waals surface area contributed by atoms with Crippen LogP contribution in [0.3, 0.4) is 0 Å². The first-order valence-electron chi connectivity index (χ1n) is 10.5. The van der Waals surface area contributed by atoms with Gasteiger partial charge in [-0.2, -0.15) is 4.98 Å². The van der Waals surface area contributed by atoms with Gasteiger partial charge in [-0.05, 0) is 68.3 Å². The molecule has 1 saturated carbocycles. The van der Waals surface area contributed by atoms with Crippen LogP contribution in [0.4, 0.5) is 5.00 Å². The summed E-state index contributed by atoms with van der Waals surface area (Å²) in [5.41, 5.74) is 2.68. The van der Waals surface area contributed by atoms with E-state index in [1.807, 2.05) is 0 Å². The van der Waals surface area contributed by atoms with Crippen LogP contribution in [0, 0.1) is 18.8 Å². The summed E-state index contributed by atoms with van der Waals surface area (Å²) in [7, 11) is 0. The fourth-order valence-electron chi connectivity index (χ4n) is 5.49. The number of carbonyl (C=O) groups is 2. The number of carboxylic acids is 1. The molecule has 7 nitrogen and oxygen atoms in total. The van der Waals surface area contributed by atoms with Crippen LogP contribution in [-0.4, -0.2) is 27.1 Å². The van der Waals surface area contributed by atoms with Gasteiger partial charge in [0.15, 0.2) is 5.82 Å². The monoisotopic (exact) mass is 427 g/mol. The number of amides is 1. The molecule has 2 bridgehead atoms. The molecule has 0 unspecified atom stereocenters. The lowest BCUT2D eigenvalue weighted by molar-refractivity contribution is -0.134. The van der Waals surface area contributed by atoms with Gasteiger partial charge in [0.2, 0.25) is 0 Å². The molecule has 0 saturated heterocycles. The maximum atomic E-state index is 13.4. The predicted molar refractivity (Wildman–Crippen MR) is 112 cm³/mol. The molecule has 0 spiro atoms. The lowest BCUT2D eigenvalue weighted by Crippen LogP contribution is -2.35. The second-order valence-corrected chi connectivity index (χ2v) is 10.4. The molecule has 4 aliphatic carbocycles. The Bertz CT molecular complexity index is 1090.